The van der Waals surface area contributed by atoms with Gasteiger partial charge in [-0.15, -0.1) is 0 Å². The van der Waals surface area contributed by atoms with E-state index in [4.69, 9.17) is 10.8 Å². The van der Waals surface area contributed by atoms with Crippen LogP contribution in [-0.2, 0) is 11.3 Å². The Morgan fingerprint density at radius 3 is 2.61 bits per heavy atom. The summed E-state index contributed by atoms with van der Waals surface area (Å²) in [4.78, 5) is 30.4. The van der Waals surface area contributed by atoms with E-state index < -0.39 is 11.9 Å². The molecular formula is C15H13N5O3. The molecule has 23 heavy (non-hydrogen) atoms. The molecule has 2 heterocycles. The standard InChI is InChI=1S/C15H13N5O3/c16-15(23)12-6-20(7-14(21)22)13-2-1-9(3-11(12)13)19-10-4-17-8-18-5-10/h1-6,8,19H,7H2,(H2,16,23)(H,21,22). The molecule has 0 radical (unpaired) electrons. The smallest absolute Gasteiger partial charge is 0.323 e. The van der Waals surface area contributed by atoms with Gasteiger partial charge in [-0.2, -0.15) is 0 Å². The number of carbonyl (C=O) groups excluding carboxylic acids is 1. The van der Waals surface area contributed by atoms with E-state index in [9.17, 15) is 9.59 Å². The molecule has 1 amide bonds. The molecule has 8 heteroatoms. The van der Waals surface area contributed by atoms with Gasteiger partial charge in [0, 0.05) is 22.8 Å². The fourth-order valence-electron chi connectivity index (χ4n) is 2.38. The van der Waals surface area contributed by atoms with Gasteiger partial charge in [0.15, 0.2) is 0 Å². The van der Waals surface area contributed by atoms with Gasteiger partial charge in [-0.25, -0.2) is 9.97 Å². The summed E-state index contributed by atoms with van der Waals surface area (Å²) in [6.45, 7) is -0.247. The molecule has 0 unspecified atom stereocenters. The second kappa shape index (κ2) is 5.76. The number of aliphatic carboxylic acids is 1. The Balaban J connectivity index is 2.05. The molecule has 0 aliphatic carbocycles. The number of rotatable bonds is 5. The zero-order chi connectivity index (χ0) is 16.4. The third kappa shape index (κ3) is 2.95. The van der Waals surface area contributed by atoms with Crippen molar-refractivity contribution >= 4 is 34.2 Å². The second-order valence-electron chi connectivity index (χ2n) is 4.91. The number of nitrogens with zero attached hydrogens (tertiary/aromatic N) is 3. The SMILES string of the molecule is NC(=O)c1cn(CC(=O)O)c2ccc(Nc3cncnc3)cc12. The number of nitrogens with one attached hydrogen (secondary N) is 1. The topological polar surface area (TPSA) is 123 Å². The minimum Gasteiger partial charge on any atom is -0.480 e. The number of hydrogen-bond acceptors (Lipinski definition) is 5. The first kappa shape index (κ1) is 14.5. The highest BCUT2D eigenvalue weighted by Gasteiger charge is 2.14. The van der Waals surface area contributed by atoms with Crippen LogP contribution in [0, 0.1) is 0 Å². The number of fused-ring (bicyclic) bond motifs is 1. The molecule has 0 bridgehead atoms. The van der Waals surface area contributed by atoms with Crippen LogP contribution in [0.1, 0.15) is 10.4 Å². The van der Waals surface area contributed by atoms with Crippen molar-refractivity contribution in [1.82, 2.24) is 14.5 Å². The number of anilines is 2. The van der Waals surface area contributed by atoms with Crippen molar-refractivity contribution in [3.63, 3.8) is 0 Å². The van der Waals surface area contributed by atoms with Crippen LogP contribution < -0.4 is 11.1 Å². The fourth-order valence-corrected chi connectivity index (χ4v) is 2.38. The van der Waals surface area contributed by atoms with Crippen LogP contribution in [0.15, 0.2) is 43.1 Å². The van der Waals surface area contributed by atoms with Gasteiger partial charge in [0.2, 0.25) is 0 Å². The number of aromatic nitrogens is 3. The lowest BCUT2D eigenvalue weighted by Crippen LogP contribution is -2.11. The van der Waals surface area contributed by atoms with Crippen molar-refractivity contribution in [2.24, 2.45) is 5.73 Å². The predicted molar refractivity (Wildman–Crippen MR) is 83.4 cm³/mol. The van der Waals surface area contributed by atoms with Gasteiger partial charge in [-0.3, -0.25) is 9.59 Å². The van der Waals surface area contributed by atoms with Crippen LogP contribution in [0.5, 0.6) is 0 Å². The van der Waals surface area contributed by atoms with E-state index >= 15 is 0 Å². The van der Waals surface area contributed by atoms with E-state index in [-0.39, 0.29) is 12.1 Å². The molecular weight excluding hydrogens is 298 g/mol. The molecule has 0 saturated heterocycles. The number of carboxylic acid groups (broad SMARTS) is 1. The Morgan fingerprint density at radius 2 is 1.96 bits per heavy atom. The Morgan fingerprint density at radius 1 is 1.22 bits per heavy atom. The molecule has 116 valence electrons. The molecule has 0 fully saturated rings. The predicted octanol–water partition coefficient (Wildman–Crippen LogP) is 1.36. The van der Waals surface area contributed by atoms with Crippen LogP contribution in [0.3, 0.4) is 0 Å². The zero-order valence-corrected chi connectivity index (χ0v) is 11.9. The lowest BCUT2D eigenvalue weighted by molar-refractivity contribution is -0.137. The third-order valence-electron chi connectivity index (χ3n) is 3.30. The van der Waals surface area contributed by atoms with E-state index in [1.807, 2.05) is 0 Å². The minimum absolute atomic E-state index is 0.247. The molecule has 0 saturated carbocycles. The summed E-state index contributed by atoms with van der Waals surface area (Å²) in [5.74, 6) is -1.61. The van der Waals surface area contributed by atoms with Crippen molar-refractivity contribution < 1.29 is 14.7 Å². The number of benzene rings is 1. The highest BCUT2D eigenvalue weighted by Crippen LogP contribution is 2.26. The molecule has 0 spiro atoms. The lowest BCUT2D eigenvalue weighted by atomic mass is 10.1. The summed E-state index contributed by atoms with van der Waals surface area (Å²) in [6, 6.07) is 5.25. The van der Waals surface area contributed by atoms with Gasteiger partial charge < -0.3 is 20.7 Å². The van der Waals surface area contributed by atoms with Gasteiger partial charge in [-0.1, -0.05) is 0 Å². The summed E-state index contributed by atoms with van der Waals surface area (Å²) in [7, 11) is 0. The third-order valence-corrected chi connectivity index (χ3v) is 3.30. The molecule has 2 aromatic heterocycles. The maximum absolute atomic E-state index is 11.6. The largest absolute Gasteiger partial charge is 0.480 e. The lowest BCUT2D eigenvalue weighted by Gasteiger charge is -2.06. The molecule has 0 aliphatic rings. The van der Waals surface area contributed by atoms with Crippen molar-refractivity contribution in [3.8, 4) is 0 Å². The van der Waals surface area contributed by atoms with Crippen molar-refractivity contribution in [2.75, 3.05) is 5.32 Å². The van der Waals surface area contributed by atoms with Crippen molar-refractivity contribution in [3.05, 3.63) is 48.7 Å². The normalized spacial score (nSPS) is 10.6. The van der Waals surface area contributed by atoms with E-state index in [1.54, 1.807) is 30.6 Å². The maximum atomic E-state index is 11.6. The molecule has 8 nitrogen and oxygen atoms in total. The minimum atomic E-state index is -0.999. The van der Waals surface area contributed by atoms with Crippen LogP contribution in [0.2, 0.25) is 0 Å². The summed E-state index contributed by atoms with van der Waals surface area (Å²) in [6.07, 6.45) is 6.10. The first-order valence-corrected chi connectivity index (χ1v) is 6.71. The first-order valence-electron chi connectivity index (χ1n) is 6.71. The molecule has 4 N–H and O–H groups in total. The Bertz CT molecular complexity index is 889. The van der Waals surface area contributed by atoms with E-state index in [0.29, 0.717) is 22.3 Å². The number of primary amides is 1. The Hall–Kier alpha value is -3.42. The van der Waals surface area contributed by atoms with Gasteiger partial charge in [0.25, 0.3) is 5.91 Å². The Kier molecular flexibility index (Phi) is 3.63. The summed E-state index contributed by atoms with van der Waals surface area (Å²) in [5, 5.41) is 12.7. The van der Waals surface area contributed by atoms with Crippen LogP contribution in [0.4, 0.5) is 11.4 Å². The number of carbonyl (C=O) groups is 2. The Labute approximate surface area is 130 Å². The van der Waals surface area contributed by atoms with Gasteiger partial charge >= 0.3 is 5.97 Å². The van der Waals surface area contributed by atoms with Crippen molar-refractivity contribution in [1.29, 1.82) is 0 Å². The van der Waals surface area contributed by atoms with E-state index in [2.05, 4.69) is 15.3 Å². The first-order chi connectivity index (χ1) is 11.0. The second-order valence-corrected chi connectivity index (χ2v) is 4.91. The molecule has 1 aromatic carbocycles. The average Bonchev–Trinajstić information content (AvgIpc) is 2.86. The number of carboxylic acids is 1. The van der Waals surface area contributed by atoms with Gasteiger partial charge in [0.1, 0.15) is 12.9 Å². The molecule has 0 aliphatic heterocycles. The fraction of sp³-hybridized carbons (Fsp3) is 0.0667. The van der Waals surface area contributed by atoms with Crippen molar-refractivity contribution in [2.45, 2.75) is 6.54 Å². The summed E-state index contributed by atoms with van der Waals surface area (Å²) < 4.78 is 1.48. The van der Waals surface area contributed by atoms with E-state index in [1.165, 1.54) is 17.1 Å². The highest BCUT2D eigenvalue weighted by molar-refractivity contribution is 6.07. The number of amides is 1. The number of nitrogens with two attached hydrogens (primary N) is 1. The quantitative estimate of drug-likeness (QED) is 0.653. The summed E-state index contributed by atoms with van der Waals surface area (Å²) in [5.41, 5.74) is 7.68. The van der Waals surface area contributed by atoms with Crippen LogP contribution >= 0.6 is 0 Å². The number of hydrogen-bond donors (Lipinski definition) is 3. The van der Waals surface area contributed by atoms with E-state index in [0.717, 1.165) is 0 Å². The summed E-state index contributed by atoms with van der Waals surface area (Å²) >= 11 is 0. The maximum Gasteiger partial charge on any atom is 0.323 e. The van der Waals surface area contributed by atoms with Crippen LogP contribution in [0.25, 0.3) is 10.9 Å². The molecule has 3 rings (SSSR count). The average molecular weight is 311 g/mol. The van der Waals surface area contributed by atoms with Gasteiger partial charge in [-0.05, 0) is 18.2 Å². The molecule has 0 atom stereocenters. The van der Waals surface area contributed by atoms with Crippen LogP contribution in [-0.4, -0.2) is 31.5 Å². The van der Waals surface area contributed by atoms with Gasteiger partial charge in [0.05, 0.1) is 23.6 Å². The zero-order valence-electron chi connectivity index (χ0n) is 11.9. The monoisotopic (exact) mass is 311 g/mol. The molecule has 3 aromatic rings. The highest BCUT2D eigenvalue weighted by atomic mass is 16.4.